The van der Waals surface area contributed by atoms with Gasteiger partial charge < -0.3 is 0 Å². The Labute approximate surface area is 91.4 Å². The summed E-state index contributed by atoms with van der Waals surface area (Å²) in [7, 11) is 0. The molecule has 0 fully saturated rings. The molecule has 2 heteroatoms. The molecule has 0 heterocycles. The maximum absolute atomic E-state index is 3.58. The highest BCUT2D eigenvalue weighted by molar-refractivity contribution is 9.09. The van der Waals surface area contributed by atoms with Crippen molar-refractivity contribution >= 4 is 31.9 Å². The number of hydrogen-bond donors (Lipinski definition) is 0. The number of allylic oxidation sites excluding steroid dienone is 4. The molecule has 0 bridgehead atoms. The van der Waals surface area contributed by atoms with Gasteiger partial charge in [-0.05, 0) is 0 Å². The molecule has 0 saturated heterocycles. The molecule has 12 heavy (non-hydrogen) atoms. The predicted octanol–water partition coefficient (Wildman–Crippen LogP) is 3.91. The highest BCUT2D eigenvalue weighted by atomic mass is 79.9. The maximum atomic E-state index is 3.58. The summed E-state index contributed by atoms with van der Waals surface area (Å²) in [6, 6.07) is 0. The van der Waals surface area contributed by atoms with Gasteiger partial charge in [0.15, 0.2) is 0 Å². The molecule has 1 rings (SSSR count). The van der Waals surface area contributed by atoms with Crippen LogP contribution in [0, 0.1) is 10.8 Å². The largest absolute Gasteiger partial charge is 0.0918 e. The van der Waals surface area contributed by atoms with Crippen LogP contribution in [0.25, 0.3) is 0 Å². The molecule has 0 spiro atoms. The van der Waals surface area contributed by atoms with Crippen LogP contribution in [0.5, 0.6) is 0 Å². The van der Waals surface area contributed by atoms with Crippen molar-refractivity contribution in [3.63, 3.8) is 0 Å². The fourth-order valence-electron chi connectivity index (χ4n) is 1.31. The monoisotopic (exact) mass is 292 g/mol. The summed E-state index contributed by atoms with van der Waals surface area (Å²) in [5.74, 6) is 0. The van der Waals surface area contributed by atoms with E-state index in [0.29, 0.717) is 0 Å². The summed E-state index contributed by atoms with van der Waals surface area (Å²) >= 11 is 7.16. The van der Waals surface area contributed by atoms with E-state index in [1.807, 2.05) is 0 Å². The van der Waals surface area contributed by atoms with Crippen molar-refractivity contribution in [2.75, 3.05) is 10.7 Å². The molecular formula is C10H14Br2. The molecule has 0 N–H and O–H groups in total. The van der Waals surface area contributed by atoms with E-state index in [2.05, 4.69) is 70.0 Å². The second-order valence-electron chi connectivity index (χ2n) is 3.82. The van der Waals surface area contributed by atoms with Crippen LogP contribution in [0.4, 0.5) is 0 Å². The van der Waals surface area contributed by atoms with Gasteiger partial charge in [-0.2, -0.15) is 0 Å². The molecule has 0 aliphatic heterocycles. The van der Waals surface area contributed by atoms with Crippen LogP contribution in [0.3, 0.4) is 0 Å². The van der Waals surface area contributed by atoms with Crippen LogP contribution < -0.4 is 0 Å². The van der Waals surface area contributed by atoms with Crippen molar-refractivity contribution in [3.05, 3.63) is 24.3 Å². The highest BCUT2D eigenvalue weighted by Crippen LogP contribution is 2.46. The molecule has 0 aromatic carbocycles. The van der Waals surface area contributed by atoms with Gasteiger partial charge in [0.05, 0.1) is 0 Å². The third kappa shape index (κ3) is 1.56. The predicted molar refractivity (Wildman–Crippen MR) is 62.1 cm³/mol. The Morgan fingerprint density at radius 3 is 1.50 bits per heavy atom. The molecule has 1 aliphatic rings. The SMILES string of the molecule is CC1(CBr)C=CC=CC1(C)CBr. The van der Waals surface area contributed by atoms with E-state index in [0.717, 1.165) is 10.7 Å². The minimum absolute atomic E-state index is 0.227. The van der Waals surface area contributed by atoms with Gasteiger partial charge in [0, 0.05) is 21.5 Å². The summed E-state index contributed by atoms with van der Waals surface area (Å²) in [5, 5.41) is 2.01. The Morgan fingerprint density at radius 1 is 0.917 bits per heavy atom. The summed E-state index contributed by atoms with van der Waals surface area (Å²) in [6.45, 7) is 4.56. The Balaban J connectivity index is 2.99. The first-order valence-electron chi connectivity index (χ1n) is 4.07. The van der Waals surface area contributed by atoms with Crippen LogP contribution in [0.15, 0.2) is 24.3 Å². The van der Waals surface area contributed by atoms with Gasteiger partial charge in [-0.1, -0.05) is 70.0 Å². The zero-order valence-corrected chi connectivity index (χ0v) is 10.7. The molecule has 1 aliphatic carbocycles. The van der Waals surface area contributed by atoms with E-state index in [9.17, 15) is 0 Å². The average Bonchev–Trinajstić information content (AvgIpc) is 2.10. The van der Waals surface area contributed by atoms with Crippen molar-refractivity contribution in [1.82, 2.24) is 0 Å². The molecule has 0 amide bonds. The van der Waals surface area contributed by atoms with Crippen molar-refractivity contribution in [2.45, 2.75) is 13.8 Å². The first-order chi connectivity index (χ1) is 5.58. The lowest BCUT2D eigenvalue weighted by Crippen LogP contribution is -2.38. The third-order valence-corrected chi connectivity index (χ3v) is 5.23. The molecule has 68 valence electrons. The van der Waals surface area contributed by atoms with Crippen molar-refractivity contribution in [1.29, 1.82) is 0 Å². The van der Waals surface area contributed by atoms with Gasteiger partial charge in [-0.25, -0.2) is 0 Å². The minimum atomic E-state index is 0.227. The Hall–Kier alpha value is 0.440. The molecule has 2 unspecified atom stereocenters. The highest BCUT2D eigenvalue weighted by Gasteiger charge is 2.40. The Bertz CT molecular complexity index is 196. The van der Waals surface area contributed by atoms with Crippen LogP contribution in [0.1, 0.15) is 13.8 Å². The van der Waals surface area contributed by atoms with Gasteiger partial charge in [0.25, 0.3) is 0 Å². The molecule has 2 atom stereocenters. The molecular weight excluding hydrogens is 280 g/mol. The zero-order valence-electron chi connectivity index (χ0n) is 7.48. The summed E-state index contributed by atoms with van der Waals surface area (Å²) in [5.41, 5.74) is 0.455. The first-order valence-corrected chi connectivity index (χ1v) is 6.31. The standard InChI is InChI=1S/C10H14Br2/c1-9(7-11)5-3-4-6-10(9,2)8-12/h3-6H,7-8H2,1-2H3. The van der Waals surface area contributed by atoms with Gasteiger partial charge in [0.1, 0.15) is 0 Å². The summed E-state index contributed by atoms with van der Waals surface area (Å²) in [4.78, 5) is 0. The molecule has 0 nitrogen and oxygen atoms in total. The lowest BCUT2D eigenvalue weighted by Gasteiger charge is -2.42. The Kier molecular flexibility index (Phi) is 3.21. The smallest absolute Gasteiger partial charge is 0.0129 e. The van der Waals surface area contributed by atoms with E-state index in [4.69, 9.17) is 0 Å². The maximum Gasteiger partial charge on any atom is 0.0129 e. The van der Waals surface area contributed by atoms with Crippen LogP contribution in [-0.4, -0.2) is 10.7 Å². The van der Waals surface area contributed by atoms with Crippen molar-refractivity contribution in [3.8, 4) is 0 Å². The number of rotatable bonds is 2. The second-order valence-corrected chi connectivity index (χ2v) is 4.94. The zero-order chi connectivity index (χ0) is 9.24. The summed E-state index contributed by atoms with van der Waals surface area (Å²) in [6.07, 6.45) is 8.82. The number of halogens is 2. The van der Waals surface area contributed by atoms with E-state index < -0.39 is 0 Å². The number of hydrogen-bond acceptors (Lipinski definition) is 0. The van der Waals surface area contributed by atoms with Gasteiger partial charge in [-0.15, -0.1) is 0 Å². The first kappa shape index (κ1) is 10.5. The molecule has 0 radical (unpaired) electrons. The molecule has 0 saturated carbocycles. The average molecular weight is 294 g/mol. The van der Waals surface area contributed by atoms with E-state index in [1.54, 1.807) is 0 Å². The molecule has 0 aromatic rings. The third-order valence-electron chi connectivity index (χ3n) is 2.90. The fourth-order valence-corrected chi connectivity index (χ4v) is 2.97. The number of alkyl halides is 2. The summed E-state index contributed by atoms with van der Waals surface area (Å²) < 4.78 is 0. The van der Waals surface area contributed by atoms with E-state index in [-0.39, 0.29) is 10.8 Å². The van der Waals surface area contributed by atoms with Gasteiger partial charge in [-0.3, -0.25) is 0 Å². The normalized spacial score (nSPS) is 40.3. The van der Waals surface area contributed by atoms with Crippen LogP contribution >= 0.6 is 31.9 Å². The quantitative estimate of drug-likeness (QED) is 0.677. The van der Waals surface area contributed by atoms with Crippen LogP contribution in [0.2, 0.25) is 0 Å². The van der Waals surface area contributed by atoms with E-state index >= 15 is 0 Å². The molecule has 0 aromatic heterocycles. The lowest BCUT2D eigenvalue weighted by molar-refractivity contribution is 0.246. The van der Waals surface area contributed by atoms with Crippen LogP contribution in [-0.2, 0) is 0 Å². The Morgan fingerprint density at radius 2 is 1.25 bits per heavy atom. The van der Waals surface area contributed by atoms with Gasteiger partial charge >= 0.3 is 0 Å². The lowest BCUT2D eigenvalue weighted by atomic mass is 9.66. The topological polar surface area (TPSA) is 0 Å². The van der Waals surface area contributed by atoms with E-state index in [1.165, 1.54) is 0 Å². The van der Waals surface area contributed by atoms with Crippen molar-refractivity contribution < 1.29 is 0 Å². The van der Waals surface area contributed by atoms with Gasteiger partial charge in [0.2, 0.25) is 0 Å². The van der Waals surface area contributed by atoms with Crippen molar-refractivity contribution in [2.24, 2.45) is 10.8 Å². The minimum Gasteiger partial charge on any atom is -0.0918 e. The second kappa shape index (κ2) is 3.67. The fraction of sp³-hybridized carbons (Fsp3) is 0.600.